The van der Waals surface area contributed by atoms with Crippen molar-refractivity contribution in [3.8, 4) is 21.7 Å². The molecule has 0 aliphatic rings. The van der Waals surface area contributed by atoms with E-state index < -0.39 is 4.92 Å². The highest BCUT2D eigenvalue weighted by molar-refractivity contribution is 7.19. The van der Waals surface area contributed by atoms with Gasteiger partial charge in [0.05, 0.1) is 21.7 Å². The molecule has 31 heavy (non-hydrogen) atoms. The lowest BCUT2D eigenvalue weighted by Crippen LogP contribution is -1.92. The van der Waals surface area contributed by atoms with Gasteiger partial charge in [0.25, 0.3) is 5.69 Å². The van der Waals surface area contributed by atoms with Crippen molar-refractivity contribution in [1.29, 1.82) is 0 Å². The van der Waals surface area contributed by atoms with Gasteiger partial charge in [-0.3, -0.25) is 15.5 Å². The number of hydrogen-bond acceptors (Lipinski definition) is 6. The second-order valence-electron chi connectivity index (χ2n) is 7.10. The van der Waals surface area contributed by atoms with Crippen LogP contribution in [0, 0.1) is 24.0 Å². The van der Waals surface area contributed by atoms with Crippen LogP contribution >= 0.6 is 11.3 Å². The van der Waals surface area contributed by atoms with Crippen molar-refractivity contribution < 1.29 is 4.92 Å². The van der Waals surface area contributed by atoms with Crippen molar-refractivity contribution in [2.24, 2.45) is 5.10 Å². The van der Waals surface area contributed by atoms with E-state index >= 15 is 0 Å². The van der Waals surface area contributed by atoms with Crippen molar-refractivity contribution in [3.63, 3.8) is 0 Å². The maximum Gasteiger partial charge on any atom is 0.269 e. The molecule has 0 spiro atoms. The number of hydrazone groups is 1. The number of nitro benzene ring substituents is 1. The molecule has 0 amide bonds. The minimum Gasteiger partial charge on any atom is -0.258 e. The quantitative estimate of drug-likeness (QED) is 0.217. The van der Waals surface area contributed by atoms with Crippen LogP contribution < -0.4 is 5.43 Å². The Morgan fingerprint density at radius 3 is 2.45 bits per heavy atom. The fraction of sp³-hybridized carbons (Fsp3) is 0.0833. The summed E-state index contributed by atoms with van der Waals surface area (Å²) in [7, 11) is 0. The molecule has 3 aromatic carbocycles. The molecular formula is C24H20N4O2S. The van der Waals surface area contributed by atoms with Crippen LogP contribution in [0.5, 0.6) is 0 Å². The Morgan fingerprint density at radius 1 is 1.03 bits per heavy atom. The number of nitrogens with zero attached hydrogens (tertiary/aromatic N) is 3. The second-order valence-corrected chi connectivity index (χ2v) is 8.10. The number of non-ortho nitro benzene ring substituents is 1. The first-order chi connectivity index (χ1) is 15.0. The molecular weight excluding hydrogens is 408 g/mol. The van der Waals surface area contributed by atoms with Crippen molar-refractivity contribution in [2.75, 3.05) is 5.43 Å². The van der Waals surface area contributed by atoms with E-state index in [2.05, 4.69) is 54.7 Å². The molecule has 4 rings (SSSR count). The summed E-state index contributed by atoms with van der Waals surface area (Å²) in [5.74, 6) is 0. The number of rotatable bonds is 6. The van der Waals surface area contributed by atoms with E-state index in [1.165, 1.54) is 34.6 Å². The number of thiazole rings is 1. The number of nitrogens with one attached hydrogen (secondary N) is 1. The lowest BCUT2D eigenvalue weighted by molar-refractivity contribution is -0.384. The van der Waals surface area contributed by atoms with Gasteiger partial charge in [-0.2, -0.15) is 5.10 Å². The Labute approximate surface area is 184 Å². The van der Waals surface area contributed by atoms with Crippen LogP contribution in [0.4, 0.5) is 10.8 Å². The van der Waals surface area contributed by atoms with Crippen molar-refractivity contribution in [2.45, 2.75) is 13.8 Å². The fourth-order valence-electron chi connectivity index (χ4n) is 3.26. The number of aryl methyl sites for hydroxylation is 2. The summed E-state index contributed by atoms with van der Waals surface area (Å²) in [5.41, 5.74) is 9.30. The zero-order chi connectivity index (χ0) is 21.8. The molecule has 1 N–H and O–H groups in total. The number of nitro groups is 1. The van der Waals surface area contributed by atoms with Crippen molar-refractivity contribution in [1.82, 2.24) is 4.98 Å². The first kappa shape index (κ1) is 20.4. The molecule has 0 fully saturated rings. The highest BCUT2D eigenvalue weighted by Gasteiger charge is 2.16. The highest BCUT2D eigenvalue weighted by atomic mass is 32.1. The van der Waals surface area contributed by atoms with E-state index in [1.54, 1.807) is 18.3 Å². The van der Waals surface area contributed by atoms with Crippen LogP contribution in [0.3, 0.4) is 0 Å². The summed E-state index contributed by atoms with van der Waals surface area (Å²) in [6, 6.07) is 22.7. The summed E-state index contributed by atoms with van der Waals surface area (Å²) in [6.45, 7) is 4.17. The number of aromatic nitrogens is 1. The number of hydrogen-bond donors (Lipinski definition) is 1. The average molecular weight is 429 g/mol. The molecule has 0 radical (unpaired) electrons. The molecule has 0 saturated carbocycles. The summed E-state index contributed by atoms with van der Waals surface area (Å²) < 4.78 is 0. The monoisotopic (exact) mass is 428 g/mol. The molecule has 0 unspecified atom stereocenters. The number of anilines is 1. The zero-order valence-electron chi connectivity index (χ0n) is 17.1. The molecule has 1 aromatic heterocycles. The van der Waals surface area contributed by atoms with Gasteiger partial charge in [-0.15, -0.1) is 0 Å². The first-order valence-electron chi connectivity index (χ1n) is 9.68. The highest BCUT2D eigenvalue weighted by Crippen LogP contribution is 2.40. The molecule has 0 aliphatic carbocycles. The lowest BCUT2D eigenvalue weighted by Gasteiger charge is -2.07. The predicted molar refractivity (Wildman–Crippen MR) is 127 cm³/mol. The van der Waals surface area contributed by atoms with E-state index in [4.69, 9.17) is 4.98 Å². The van der Waals surface area contributed by atoms with E-state index in [1.807, 2.05) is 18.2 Å². The summed E-state index contributed by atoms with van der Waals surface area (Å²) in [6.07, 6.45) is 1.62. The maximum absolute atomic E-state index is 10.8. The molecule has 1 heterocycles. The third-order valence-corrected chi connectivity index (χ3v) is 5.79. The van der Waals surface area contributed by atoms with Crippen molar-refractivity contribution >= 4 is 28.4 Å². The van der Waals surface area contributed by atoms with Gasteiger partial charge in [-0.25, -0.2) is 4.98 Å². The van der Waals surface area contributed by atoms with Crippen LogP contribution in [0.25, 0.3) is 21.7 Å². The first-order valence-corrected chi connectivity index (χ1v) is 10.5. The Bertz CT molecular complexity index is 1250. The van der Waals surface area contributed by atoms with Crippen LogP contribution in [0.1, 0.15) is 16.7 Å². The molecule has 154 valence electrons. The Balaban J connectivity index is 1.64. The number of benzene rings is 3. The summed E-state index contributed by atoms with van der Waals surface area (Å²) >= 11 is 1.54. The van der Waals surface area contributed by atoms with Crippen LogP contribution in [0.15, 0.2) is 77.9 Å². The minimum atomic E-state index is -0.422. The molecule has 6 nitrogen and oxygen atoms in total. The lowest BCUT2D eigenvalue weighted by atomic mass is 10.0. The van der Waals surface area contributed by atoms with E-state index in [0.29, 0.717) is 5.13 Å². The molecule has 0 bridgehead atoms. The maximum atomic E-state index is 10.8. The van der Waals surface area contributed by atoms with Gasteiger partial charge in [0, 0.05) is 17.7 Å². The van der Waals surface area contributed by atoms with Gasteiger partial charge in [-0.05, 0) is 42.7 Å². The second kappa shape index (κ2) is 8.89. The van der Waals surface area contributed by atoms with Gasteiger partial charge in [0.1, 0.15) is 0 Å². The Kier molecular flexibility index (Phi) is 5.86. The molecule has 4 aromatic rings. The molecule has 0 atom stereocenters. The van der Waals surface area contributed by atoms with Crippen LogP contribution in [-0.4, -0.2) is 16.1 Å². The van der Waals surface area contributed by atoms with Crippen LogP contribution in [-0.2, 0) is 0 Å². The van der Waals surface area contributed by atoms with Gasteiger partial charge in [0.15, 0.2) is 0 Å². The molecule has 0 aliphatic heterocycles. The topological polar surface area (TPSA) is 80.4 Å². The summed E-state index contributed by atoms with van der Waals surface area (Å²) in [4.78, 5) is 16.2. The predicted octanol–water partition coefficient (Wildman–Crippen LogP) is 6.45. The molecule has 0 saturated heterocycles. The third-order valence-electron chi connectivity index (χ3n) is 4.78. The van der Waals surface area contributed by atoms with Crippen LogP contribution in [0.2, 0.25) is 0 Å². The minimum absolute atomic E-state index is 0.0515. The normalized spacial score (nSPS) is 11.0. The Hall–Kier alpha value is -3.84. The van der Waals surface area contributed by atoms with Gasteiger partial charge in [0.2, 0.25) is 5.13 Å². The van der Waals surface area contributed by atoms with Gasteiger partial charge in [-0.1, -0.05) is 65.4 Å². The van der Waals surface area contributed by atoms with Crippen molar-refractivity contribution in [3.05, 3.63) is 99.6 Å². The van der Waals surface area contributed by atoms with E-state index in [0.717, 1.165) is 27.3 Å². The smallest absolute Gasteiger partial charge is 0.258 e. The fourth-order valence-corrected chi connectivity index (χ4v) is 4.19. The Morgan fingerprint density at radius 2 is 1.77 bits per heavy atom. The standard InChI is InChI=1S/C24H20N4O2S/c1-16-8-13-21(17(2)14-16)22-23(19-6-4-3-5-7-19)31-24(26-22)27-25-15-18-9-11-20(12-10-18)28(29)30/h3-15H,1-2H3,(H,26,27)/b25-15-. The largest absolute Gasteiger partial charge is 0.269 e. The average Bonchev–Trinajstić information content (AvgIpc) is 3.18. The zero-order valence-corrected chi connectivity index (χ0v) is 17.9. The summed E-state index contributed by atoms with van der Waals surface area (Å²) in [5, 5.41) is 15.7. The third kappa shape index (κ3) is 4.67. The molecule has 7 heteroatoms. The van der Waals surface area contributed by atoms with Gasteiger partial charge < -0.3 is 0 Å². The van der Waals surface area contributed by atoms with Gasteiger partial charge >= 0.3 is 0 Å². The van der Waals surface area contributed by atoms with E-state index in [-0.39, 0.29) is 5.69 Å². The van der Waals surface area contributed by atoms with E-state index in [9.17, 15) is 10.1 Å². The SMILES string of the molecule is Cc1ccc(-c2nc(N/N=C\c3ccc([N+](=O)[O-])cc3)sc2-c2ccccc2)c(C)c1.